The summed E-state index contributed by atoms with van der Waals surface area (Å²) in [5, 5.41) is 20.7. The zero-order chi connectivity index (χ0) is 21.2. The van der Waals surface area contributed by atoms with E-state index in [9.17, 15) is 5.26 Å². The van der Waals surface area contributed by atoms with E-state index < -0.39 is 0 Å². The van der Waals surface area contributed by atoms with Crippen molar-refractivity contribution in [3.63, 3.8) is 0 Å². The fourth-order valence-corrected chi connectivity index (χ4v) is 4.10. The molecule has 0 saturated carbocycles. The summed E-state index contributed by atoms with van der Waals surface area (Å²) < 4.78 is 7.40. The van der Waals surface area contributed by atoms with Crippen molar-refractivity contribution in [1.29, 1.82) is 5.26 Å². The summed E-state index contributed by atoms with van der Waals surface area (Å²) in [6.45, 7) is 0.405. The maximum atomic E-state index is 9.60. The molecular formula is C21H12ClN7OS. The smallest absolute Gasteiger partial charge is 0.198 e. The lowest BCUT2D eigenvalue weighted by molar-refractivity contribution is 0.485. The number of pyridine rings is 1. The Morgan fingerprint density at radius 2 is 2.10 bits per heavy atom. The molecule has 0 spiro atoms. The third-order valence-electron chi connectivity index (χ3n) is 4.47. The Kier molecular flexibility index (Phi) is 5.08. The third kappa shape index (κ3) is 3.86. The number of furan rings is 1. The highest BCUT2D eigenvalue weighted by Crippen LogP contribution is 2.32. The molecule has 4 aromatic heterocycles. The van der Waals surface area contributed by atoms with Crippen molar-refractivity contribution in [3.05, 3.63) is 77.6 Å². The zero-order valence-corrected chi connectivity index (χ0v) is 17.4. The van der Waals surface area contributed by atoms with Gasteiger partial charge < -0.3 is 4.42 Å². The minimum absolute atomic E-state index is 0.405. The minimum Gasteiger partial charge on any atom is -0.467 e. The van der Waals surface area contributed by atoms with E-state index in [2.05, 4.69) is 31.2 Å². The quantitative estimate of drug-likeness (QED) is 0.386. The van der Waals surface area contributed by atoms with E-state index in [1.165, 1.54) is 11.8 Å². The molecule has 0 fully saturated rings. The Morgan fingerprint density at radius 3 is 2.87 bits per heavy atom. The molecular weight excluding hydrogens is 434 g/mol. The van der Waals surface area contributed by atoms with Gasteiger partial charge in [-0.2, -0.15) is 5.26 Å². The first-order valence-corrected chi connectivity index (χ1v) is 10.3. The van der Waals surface area contributed by atoms with Crippen LogP contribution >= 0.6 is 23.4 Å². The number of nitrogens with zero attached hydrogens (tertiary/aromatic N) is 7. The molecule has 0 atom stereocenters. The van der Waals surface area contributed by atoms with Crippen LogP contribution in [0.4, 0.5) is 0 Å². The van der Waals surface area contributed by atoms with Gasteiger partial charge in [0, 0.05) is 22.8 Å². The maximum absolute atomic E-state index is 9.60. The molecule has 0 bridgehead atoms. The SMILES string of the molecule is N#Cc1cc(Sc2nnc(-c3cnccn3)n2Cc2ccco2)nc2ccc(Cl)cc12. The van der Waals surface area contributed by atoms with E-state index in [0.29, 0.717) is 49.7 Å². The second-order valence-corrected chi connectivity index (χ2v) is 7.87. The molecule has 0 amide bonds. The lowest BCUT2D eigenvalue weighted by Crippen LogP contribution is -2.04. The highest BCUT2D eigenvalue weighted by Gasteiger charge is 2.19. The molecule has 0 aliphatic rings. The van der Waals surface area contributed by atoms with Crippen LogP contribution in [0.2, 0.25) is 5.02 Å². The van der Waals surface area contributed by atoms with Crippen LogP contribution in [0.1, 0.15) is 11.3 Å². The number of hydrogen-bond donors (Lipinski definition) is 0. The first kappa shape index (κ1) is 19.2. The number of benzene rings is 1. The van der Waals surface area contributed by atoms with E-state index >= 15 is 0 Å². The summed E-state index contributed by atoms with van der Waals surface area (Å²) in [5.41, 5.74) is 1.76. The average Bonchev–Trinajstić information content (AvgIpc) is 3.45. The number of aromatic nitrogens is 6. The number of fused-ring (bicyclic) bond motifs is 1. The molecule has 31 heavy (non-hydrogen) atoms. The fourth-order valence-electron chi connectivity index (χ4n) is 3.08. The van der Waals surface area contributed by atoms with Crippen molar-refractivity contribution in [1.82, 2.24) is 29.7 Å². The zero-order valence-electron chi connectivity index (χ0n) is 15.8. The first-order valence-electron chi connectivity index (χ1n) is 9.11. The Hall–Kier alpha value is -3.74. The predicted octanol–water partition coefficient (Wildman–Crippen LogP) is 4.60. The van der Waals surface area contributed by atoms with Crippen LogP contribution in [-0.2, 0) is 6.54 Å². The van der Waals surface area contributed by atoms with E-state index in [-0.39, 0.29) is 0 Å². The molecule has 150 valence electrons. The van der Waals surface area contributed by atoms with Gasteiger partial charge in [-0.15, -0.1) is 10.2 Å². The largest absolute Gasteiger partial charge is 0.467 e. The van der Waals surface area contributed by atoms with E-state index in [0.717, 1.165) is 5.76 Å². The molecule has 5 aromatic rings. The number of rotatable bonds is 5. The highest BCUT2D eigenvalue weighted by atomic mass is 35.5. The summed E-state index contributed by atoms with van der Waals surface area (Å²) in [5.74, 6) is 1.30. The van der Waals surface area contributed by atoms with Crippen LogP contribution in [-0.4, -0.2) is 29.7 Å². The first-order chi connectivity index (χ1) is 15.2. The van der Waals surface area contributed by atoms with Gasteiger partial charge in [0.15, 0.2) is 11.0 Å². The monoisotopic (exact) mass is 445 g/mol. The van der Waals surface area contributed by atoms with Crippen LogP contribution in [0.25, 0.3) is 22.4 Å². The van der Waals surface area contributed by atoms with Crippen LogP contribution in [0.3, 0.4) is 0 Å². The van der Waals surface area contributed by atoms with Crippen molar-refractivity contribution < 1.29 is 4.42 Å². The number of hydrogen-bond acceptors (Lipinski definition) is 8. The lowest BCUT2D eigenvalue weighted by atomic mass is 10.1. The van der Waals surface area contributed by atoms with Crippen molar-refractivity contribution in [2.75, 3.05) is 0 Å². The van der Waals surface area contributed by atoms with Gasteiger partial charge in [0.1, 0.15) is 16.5 Å². The van der Waals surface area contributed by atoms with E-state index in [1.807, 2.05) is 16.7 Å². The van der Waals surface area contributed by atoms with Gasteiger partial charge in [0.05, 0.1) is 36.2 Å². The van der Waals surface area contributed by atoms with E-state index in [4.69, 9.17) is 16.0 Å². The standard InChI is InChI=1S/C21H12ClN7OS/c22-14-3-4-17-16(9-14)13(10-23)8-19(26-17)31-21-28-27-20(18-11-24-5-6-25-18)29(21)12-15-2-1-7-30-15/h1-9,11H,12H2. The summed E-state index contributed by atoms with van der Waals surface area (Å²) in [6, 6.07) is 12.9. The Morgan fingerprint density at radius 1 is 1.16 bits per heavy atom. The Balaban J connectivity index is 1.58. The predicted molar refractivity (Wildman–Crippen MR) is 114 cm³/mol. The molecule has 4 heterocycles. The van der Waals surface area contributed by atoms with Crippen LogP contribution in [0, 0.1) is 11.3 Å². The van der Waals surface area contributed by atoms with Crippen LogP contribution in [0.15, 0.2) is 75.9 Å². The average molecular weight is 446 g/mol. The van der Waals surface area contributed by atoms with Crippen LogP contribution in [0.5, 0.6) is 0 Å². The maximum Gasteiger partial charge on any atom is 0.198 e. The topological polar surface area (TPSA) is 106 Å². The van der Waals surface area contributed by atoms with Gasteiger partial charge in [0.2, 0.25) is 0 Å². The summed E-state index contributed by atoms with van der Waals surface area (Å²) in [6.07, 6.45) is 6.44. The lowest BCUT2D eigenvalue weighted by Gasteiger charge is -2.09. The molecule has 8 nitrogen and oxygen atoms in total. The fraction of sp³-hybridized carbons (Fsp3) is 0.0476. The van der Waals surface area contributed by atoms with Gasteiger partial charge in [-0.3, -0.25) is 9.55 Å². The molecule has 5 rings (SSSR count). The van der Waals surface area contributed by atoms with Gasteiger partial charge >= 0.3 is 0 Å². The summed E-state index contributed by atoms with van der Waals surface area (Å²) in [4.78, 5) is 13.1. The van der Waals surface area contributed by atoms with Gasteiger partial charge in [0.25, 0.3) is 0 Å². The second kappa shape index (κ2) is 8.18. The summed E-state index contributed by atoms with van der Waals surface area (Å²) in [7, 11) is 0. The second-order valence-electron chi connectivity index (χ2n) is 6.45. The molecule has 10 heteroatoms. The third-order valence-corrected chi connectivity index (χ3v) is 5.60. The molecule has 0 radical (unpaired) electrons. The molecule has 0 N–H and O–H groups in total. The molecule has 0 saturated heterocycles. The van der Waals surface area contributed by atoms with Gasteiger partial charge in [-0.25, -0.2) is 9.97 Å². The molecule has 0 aliphatic carbocycles. The highest BCUT2D eigenvalue weighted by molar-refractivity contribution is 7.99. The van der Waals surface area contributed by atoms with Crippen LogP contribution < -0.4 is 0 Å². The number of nitriles is 1. The molecule has 0 aliphatic heterocycles. The van der Waals surface area contributed by atoms with Crippen molar-refractivity contribution in [2.24, 2.45) is 0 Å². The van der Waals surface area contributed by atoms with Crippen molar-refractivity contribution in [3.8, 4) is 17.6 Å². The Bertz CT molecular complexity index is 1410. The van der Waals surface area contributed by atoms with E-state index in [1.54, 1.807) is 49.1 Å². The van der Waals surface area contributed by atoms with Gasteiger partial charge in [-0.05, 0) is 48.2 Å². The van der Waals surface area contributed by atoms with Gasteiger partial charge in [-0.1, -0.05) is 11.6 Å². The van der Waals surface area contributed by atoms with Crippen molar-refractivity contribution in [2.45, 2.75) is 16.7 Å². The molecule has 1 aromatic carbocycles. The Labute approximate surface area is 185 Å². The normalized spacial score (nSPS) is 11.0. The number of halogens is 1. The van der Waals surface area contributed by atoms with Crippen molar-refractivity contribution >= 4 is 34.3 Å². The molecule has 0 unspecified atom stereocenters. The minimum atomic E-state index is 0.405. The summed E-state index contributed by atoms with van der Waals surface area (Å²) >= 11 is 7.39.